The van der Waals surface area contributed by atoms with E-state index in [2.05, 4.69) is 10.3 Å². The highest BCUT2D eigenvalue weighted by molar-refractivity contribution is 7.89. The van der Waals surface area contributed by atoms with Crippen LogP contribution < -0.4 is 5.32 Å². The first-order valence-electron chi connectivity index (χ1n) is 11.3. The summed E-state index contributed by atoms with van der Waals surface area (Å²) in [5.41, 5.74) is 2.04. The van der Waals surface area contributed by atoms with Gasteiger partial charge in [-0.25, -0.2) is 8.42 Å². The number of aliphatic imine (C=N–C) groups is 1. The smallest absolute Gasteiger partial charge is 0.248 e. The Labute approximate surface area is 205 Å². The molecule has 1 fully saturated rings. The van der Waals surface area contributed by atoms with Gasteiger partial charge in [0.25, 0.3) is 0 Å². The third kappa shape index (κ3) is 5.96. The fraction of sp³-hybridized carbons (Fsp3) is 0.417. The fourth-order valence-electron chi connectivity index (χ4n) is 3.79. The molecule has 0 saturated heterocycles. The highest BCUT2D eigenvalue weighted by Gasteiger charge is 2.38. The van der Waals surface area contributed by atoms with Crippen LogP contribution in [0.3, 0.4) is 0 Å². The molecule has 2 aromatic rings. The van der Waals surface area contributed by atoms with E-state index in [0.717, 1.165) is 42.9 Å². The van der Waals surface area contributed by atoms with Crippen molar-refractivity contribution < 1.29 is 17.9 Å². The molecule has 10 heteroatoms. The van der Waals surface area contributed by atoms with Crippen LogP contribution >= 0.6 is 11.6 Å². The molecule has 0 unspecified atom stereocenters. The lowest BCUT2D eigenvalue weighted by Crippen LogP contribution is -2.37. The highest BCUT2D eigenvalue weighted by atomic mass is 35.5. The number of halogens is 1. The van der Waals surface area contributed by atoms with E-state index in [1.807, 2.05) is 24.3 Å². The molecule has 2 aromatic carbocycles. The lowest BCUT2D eigenvalue weighted by Gasteiger charge is -2.23. The summed E-state index contributed by atoms with van der Waals surface area (Å²) >= 11 is 6.13. The summed E-state index contributed by atoms with van der Waals surface area (Å²) in [6.07, 6.45) is 1.63. The van der Waals surface area contributed by atoms with Crippen LogP contribution in [0.1, 0.15) is 24.0 Å². The van der Waals surface area contributed by atoms with E-state index in [0.29, 0.717) is 6.54 Å². The maximum absolute atomic E-state index is 13.1. The molecule has 0 spiro atoms. The van der Waals surface area contributed by atoms with E-state index in [-0.39, 0.29) is 41.6 Å². The van der Waals surface area contributed by atoms with Crippen molar-refractivity contribution in [2.24, 2.45) is 4.99 Å². The van der Waals surface area contributed by atoms with Gasteiger partial charge in [-0.3, -0.25) is 9.79 Å². The molecule has 0 aromatic heterocycles. The number of nitrogens with zero attached hydrogens (tertiary/aromatic N) is 3. The third-order valence-electron chi connectivity index (χ3n) is 5.81. The summed E-state index contributed by atoms with van der Waals surface area (Å²) in [5.74, 6) is 0.735. The summed E-state index contributed by atoms with van der Waals surface area (Å²) in [6, 6.07) is 14.3. The van der Waals surface area contributed by atoms with Crippen LogP contribution in [-0.4, -0.2) is 75.3 Å². The summed E-state index contributed by atoms with van der Waals surface area (Å²) in [7, 11) is -2.00. The molecule has 1 N–H and O–H groups in total. The molecule has 1 saturated carbocycles. The van der Waals surface area contributed by atoms with Crippen LogP contribution in [0.25, 0.3) is 0 Å². The molecule has 1 amide bonds. The van der Waals surface area contributed by atoms with Gasteiger partial charge in [0.1, 0.15) is 17.3 Å². The standard InChI is InChI=1S/C24H29ClN4O4S/c1-28(16-18-6-8-19(9-7-18)24-26-12-13-27-24)23(30)17-33-15-14-29(20-10-11-20)34(31,32)22-5-3-2-4-21(22)25/h2-9,20H,10-17H2,1H3,(H,26,27). The molecule has 2 aliphatic rings. The van der Waals surface area contributed by atoms with E-state index in [4.69, 9.17) is 16.3 Å². The van der Waals surface area contributed by atoms with E-state index in [1.54, 1.807) is 30.1 Å². The van der Waals surface area contributed by atoms with Crippen molar-refractivity contribution >= 4 is 33.4 Å². The fourth-order valence-corrected chi connectivity index (χ4v) is 5.95. The van der Waals surface area contributed by atoms with Crippen LogP contribution in [0.5, 0.6) is 0 Å². The largest absolute Gasteiger partial charge is 0.370 e. The molecule has 1 heterocycles. The molecule has 0 atom stereocenters. The van der Waals surface area contributed by atoms with Crippen LogP contribution in [0.15, 0.2) is 58.4 Å². The van der Waals surface area contributed by atoms with Gasteiger partial charge in [-0.2, -0.15) is 4.31 Å². The van der Waals surface area contributed by atoms with Crippen LogP contribution in [0, 0.1) is 0 Å². The molecular formula is C24H29ClN4O4S. The molecule has 34 heavy (non-hydrogen) atoms. The number of sulfonamides is 1. The summed E-state index contributed by atoms with van der Waals surface area (Å²) < 4.78 is 33.2. The van der Waals surface area contributed by atoms with Crippen molar-refractivity contribution in [1.29, 1.82) is 0 Å². The normalized spacial score (nSPS) is 15.8. The lowest BCUT2D eigenvalue weighted by molar-refractivity contribution is -0.135. The topological polar surface area (TPSA) is 91.3 Å². The lowest BCUT2D eigenvalue weighted by atomic mass is 10.1. The van der Waals surface area contributed by atoms with Gasteiger partial charge >= 0.3 is 0 Å². The Hall–Kier alpha value is -2.46. The minimum Gasteiger partial charge on any atom is -0.370 e. The summed E-state index contributed by atoms with van der Waals surface area (Å²) in [6.45, 7) is 2.30. The molecule has 0 bridgehead atoms. The number of hydrogen-bond acceptors (Lipinski definition) is 6. The number of nitrogens with one attached hydrogen (secondary N) is 1. The Kier molecular flexibility index (Phi) is 7.88. The van der Waals surface area contributed by atoms with E-state index < -0.39 is 10.0 Å². The average molecular weight is 505 g/mol. The van der Waals surface area contributed by atoms with Crippen LogP contribution in [0.4, 0.5) is 0 Å². The Morgan fingerprint density at radius 1 is 1.18 bits per heavy atom. The van der Waals surface area contributed by atoms with Gasteiger partial charge in [-0.1, -0.05) is 48.0 Å². The van der Waals surface area contributed by atoms with Gasteiger partial charge < -0.3 is 15.0 Å². The molecule has 182 valence electrons. The SMILES string of the molecule is CN(Cc1ccc(C2=NCCN2)cc1)C(=O)COCCN(C1CC1)S(=O)(=O)c1ccccc1Cl. The number of rotatable bonds is 11. The second-order valence-corrected chi connectivity index (χ2v) is 10.7. The number of carbonyl (C=O) groups is 1. The van der Waals surface area contributed by atoms with Gasteiger partial charge in [0.05, 0.1) is 18.2 Å². The Morgan fingerprint density at radius 2 is 1.91 bits per heavy atom. The van der Waals surface area contributed by atoms with Gasteiger partial charge in [0.2, 0.25) is 15.9 Å². The van der Waals surface area contributed by atoms with Crippen molar-refractivity contribution in [3.05, 3.63) is 64.7 Å². The Bertz CT molecular complexity index is 1150. The molecular weight excluding hydrogens is 476 g/mol. The Morgan fingerprint density at radius 3 is 2.56 bits per heavy atom. The maximum atomic E-state index is 13.1. The number of amidine groups is 1. The second-order valence-electron chi connectivity index (χ2n) is 8.43. The van der Waals surface area contributed by atoms with E-state index >= 15 is 0 Å². The van der Waals surface area contributed by atoms with Crippen molar-refractivity contribution in [1.82, 2.24) is 14.5 Å². The second kappa shape index (κ2) is 10.9. The number of ether oxygens (including phenoxy) is 1. The van der Waals surface area contributed by atoms with Crippen molar-refractivity contribution in [3.63, 3.8) is 0 Å². The predicted molar refractivity (Wildman–Crippen MR) is 132 cm³/mol. The molecule has 0 radical (unpaired) electrons. The number of likely N-dealkylation sites (N-methyl/N-ethyl adjacent to an activating group) is 1. The van der Waals surface area contributed by atoms with Gasteiger partial charge in [-0.15, -0.1) is 0 Å². The maximum Gasteiger partial charge on any atom is 0.248 e. The van der Waals surface area contributed by atoms with Gasteiger partial charge in [0, 0.05) is 38.3 Å². The zero-order chi connectivity index (χ0) is 24.1. The molecule has 1 aliphatic heterocycles. The monoisotopic (exact) mass is 504 g/mol. The number of carbonyl (C=O) groups excluding carboxylic acids is 1. The van der Waals surface area contributed by atoms with Gasteiger partial charge in [-0.05, 0) is 30.5 Å². The van der Waals surface area contributed by atoms with E-state index in [9.17, 15) is 13.2 Å². The van der Waals surface area contributed by atoms with Crippen LogP contribution in [-0.2, 0) is 26.1 Å². The zero-order valence-corrected chi connectivity index (χ0v) is 20.7. The first kappa shape index (κ1) is 24.7. The van der Waals surface area contributed by atoms with Gasteiger partial charge in [0.15, 0.2) is 0 Å². The number of amides is 1. The van der Waals surface area contributed by atoms with Crippen molar-refractivity contribution in [2.75, 3.05) is 39.9 Å². The van der Waals surface area contributed by atoms with Crippen molar-refractivity contribution in [3.8, 4) is 0 Å². The van der Waals surface area contributed by atoms with Crippen molar-refractivity contribution in [2.45, 2.75) is 30.3 Å². The molecule has 4 rings (SSSR count). The Balaban J connectivity index is 1.25. The predicted octanol–water partition coefficient (Wildman–Crippen LogP) is 2.52. The molecule has 1 aliphatic carbocycles. The van der Waals surface area contributed by atoms with E-state index in [1.165, 1.54) is 10.4 Å². The van der Waals surface area contributed by atoms with Crippen LogP contribution in [0.2, 0.25) is 5.02 Å². The average Bonchev–Trinajstić information content (AvgIpc) is 3.50. The minimum absolute atomic E-state index is 0.0448. The first-order chi connectivity index (χ1) is 16.4. The minimum atomic E-state index is -3.72. The third-order valence-corrected chi connectivity index (χ3v) is 8.26. The molecule has 8 nitrogen and oxygen atoms in total. The highest BCUT2D eigenvalue weighted by Crippen LogP contribution is 2.33. The summed E-state index contributed by atoms with van der Waals surface area (Å²) in [5, 5.41) is 3.44. The number of hydrogen-bond donors (Lipinski definition) is 1. The first-order valence-corrected chi connectivity index (χ1v) is 13.1. The summed E-state index contributed by atoms with van der Waals surface area (Å²) in [4.78, 5) is 18.6. The quantitative estimate of drug-likeness (QED) is 0.475. The number of benzene rings is 2. The zero-order valence-electron chi connectivity index (χ0n) is 19.1.